The van der Waals surface area contributed by atoms with E-state index in [-0.39, 0.29) is 0 Å². The minimum absolute atomic E-state index is 0.353. The topological polar surface area (TPSA) is 38.0 Å². The van der Waals surface area contributed by atoms with Crippen molar-refractivity contribution in [2.75, 3.05) is 6.54 Å². The highest BCUT2D eigenvalue weighted by Crippen LogP contribution is 2.16. The van der Waals surface area contributed by atoms with Crippen LogP contribution in [-0.2, 0) is 6.54 Å². The van der Waals surface area contributed by atoms with Crippen LogP contribution in [-0.4, -0.2) is 12.6 Å². The Bertz CT molecular complexity index is 299. The molecule has 0 saturated carbocycles. The van der Waals surface area contributed by atoms with Crippen molar-refractivity contribution in [1.82, 2.24) is 5.32 Å². The van der Waals surface area contributed by atoms with Crippen LogP contribution < -0.4 is 11.1 Å². The van der Waals surface area contributed by atoms with Gasteiger partial charge in [-0.2, -0.15) is 0 Å². The largest absolute Gasteiger partial charge is 0.329 e. The van der Waals surface area contributed by atoms with E-state index in [0.29, 0.717) is 12.6 Å². The fourth-order valence-corrected chi connectivity index (χ4v) is 1.31. The molecule has 0 aliphatic rings. The number of halogens is 1. The summed E-state index contributed by atoms with van der Waals surface area (Å²) in [6.45, 7) is 5.59. The molecule has 0 aliphatic carbocycles. The zero-order chi connectivity index (χ0) is 10.6. The van der Waals surface area contributed by atoms with E-state index in [9.17, 15) is 0 Å². The Hall–Kier alpha value is -0.570. The van der Waals surface area contributed by atoms with Crippen LogP contribution in [0.15, 0.2) is 18.2 Å². The molecule has 2 nitrogen and oxygen atoms in total. The predicted molar refractivity (Wildman–Crippen MR) is 61.5 cm³/mol. The van der Waals surface area contributed by atoms with Crippen LogP contribution in [0.5, 0.6) is 0 Å². The summed E-state index contributed by atoms with van der Waals surface area (Å²) in [7, 11) is 0. The average Bonchev–Trinajstić information content (AvgIpc) is 2.19. The van der Waals surface area contributed by atoms with Crippen LogP contribution in [0, 0.1) is 6.92 Å². The van der Waals surface area contributed by atoms with E-state index in [0.717, 1.165) is 17.1 Å². The Morgan fingerprint density at radius 3 is 2.79 bits per heavy atom. The molecule has 0 amide bonds. The maximum absolute atomic E-state index is 5.93. The Balaban J connectivity index is 2.55. The highest BCUT2D eigenvalue weighted by atomic mass is 35.5. The van der Waals surface area contributed by atoms with Gasteiger partial charge in [-0.1, -0.05) is 23.7 Å². The molecule has 0 bridgehead atoms. The van der Waals surface area contributed by atoms with Gasteiger partial charge in [0.25, 0.3) is 0 Å². The van der Waals surface area contributed by atoms with Gasteiger partial charge in [-0.25, -0.2) is 0 Å². The van der Waals surface area contributed by atoms with Crippen molar-refractivity contribution in [3.8, 4) is 0 Å². The summed E-state index contributed by atoms with van der Waals surface area (Å²) in [5, 5.41) is 4.15. The molecule has 0 fully saturated rings. The van der Waals surface area contributed by atoms with E-state index >= 15 is 0 Å². The van der Waals surface area contributed by atoms with Crippen LogP contribution in [0.25, 0.3) is 0 Å². The summed E-state index contributed by atoms with van der Waals surface area (Å²) in [6.07, 6.45) is 0. The lowest BCUT2D eigenvalue weighted by Gasteiger charge is -2.11. The Kier molecular flexibility index (Phi) is 4.39. The van der Waals surface area contributed by atoms with Crippen molar-refractivity contribution in [2.24, 2.45) is 5.73 Å². The zero-order valence-corrected chi connectivity index (χ0v) is 9.43. The Morgan fingerprint density at radius 2 is 2.21 bits per heavy atom. The van der Waals surface area contributed by atoms with Gasteiger partial charge in [0.05, 0.1) is 0 Å². The summed E-state index contributed by atoms with van der Waals surface area (Å²) in [5.74, 6) is 0. The number of benzene rings is 1. The smallest absolute Gasteiger partial charge is 0.0435 e. The van der Waals surface area contributed by atoms with Gasteiger partial charge in [0.2, 0.25) is 0 Å². The number of hydrogen-bond donors (Lipinski definition) is 2. The molecule has 0 unspecified atom stereocenters. The van der Waals surface area contributed by atoms with Crippen molar-refractivity contribution in [3.05, 3.63) is 34.3 Å². The molecule has 0 radical (unpaired) electrons. The Morgan fingerprint density at radius 1 is 1.50 bits per heavy atom. The highest BCUT2D eigenvalue weighted by molar-refractivity contribution is 6.31. The van der Waals surface area contributed by atoms with Gasteiger partial charge >= 0.3 is 0 Å². The number of hydrogen-bond acceptors (Lipinski definition) is 2. The molecule has 78 valence electrons. The van der Waals surface area contributed by atoms with E-state index in [2.05, 4.69) is 18.3 Å². The molecule has 3 heteroatoms. The van der Waals surface area contributed by atoms with E-state index in [1.807, 2.05) is 19.1 Å². The maximum Gasteiger partial charge on any atom is 0.0435 e. The molecule has 1 atom stereocenters. The lowest BCUT2D eigenvalue weighted by molar-refractivity contribution is 0.556. The number of nitrogens with one attached hydrogen (secondary N) is 1. The molecule has 1 aromatic carbocycles. The summed E-state index contributed by atoms with van der Waals surface area (Å²) < 4.78 is 0. The second-order valence-electron chi connectivity index (χ2n) is 3.60. The van der Waals surface area contributed by atoms with E-state index in [1.165, 1.54) is 5.56 Å². The molecular formula is C11H17ClN2. The first-order valence-electron chi connectivity index (χ1n) is 4.82. The van der Waals surface area contributed by atoms with Gasteiger partial charge in [-0.05, 0) is 31.0 Å². The molecule has 1 aromatic rings. The van der Waals surface area contributed by atoms with E-state index in [4.69, 9.17) is 17.3 Å². The minimum Gasteiger partial charge on any atom is -0.329 e. The lowest BCUT2D eigenvalue weighted by Crippen LogP contribution is -2.32. The molecule has 3 N–H and O–H groups in total. The zero-order valence-electron chi connectivity index (χ0n) is 8.68. The first kappa shape index (κ1) is 11.5. The van der Waals surface area contributed by atoms with Gasteiger partial charge in [-0.15, -0.1) is 0 Å². The van der Waals surface area contributed by atoms with Gasteiger partial charge in [0, 0.05) is 24.2 Å². The predicted octanol–water partition coefficient (Wildman–Crippen LogP) is 2.09. The van der Waals surface area contributed by atoms with Gasteiger partial charge in [-0.3, -0.25) is 0 Å². The molecule has 0 heterocycles. The van der Waals surface area contributed by atoms with Gasteiger partial charge < -0.3 is 11.1 Å². The van der Waals surface area contributed by atoms with Gasteiger partial charge in [0.1, 0.15) is 0 Å². The Labute approximate surface area is 90.4 Å². The maximum atomic E-state index is 5.93. The summed E-state index contributed by atoms with van der Waals surface area (Å²) in [5.41, 5.74) is 7.87. The molecule has 14 heavy (non-hydrogen) atoms. The lowest BCUT2D eigenvalue weighted by atomic mass is 10.1. The summed E-state index contributed by atoms with van der Waals surface area (Å²) in [6, 6.07) is 6.41. The summed E-state index contributed by atoms with van der Waals surface area (Å²) in [4.78, 5) is 0. The molecule has 0 spiro atoms. The minimum atomic E-state index is 0.353. The third-order valence-corrected chi connectivity index (χ3v) is 2.65. The van der Waals surface area contributed by atoms with E-state index < -0.39 is 0 Å². The number of nitrogens with two attached hydrogens (primary N) is 1. The van der Waals surface area contributed by atoms with Crippen LogP contribution in [0.1, 0.15) is 18.1 Å². The number of rotatable bonds is 4. The van der Waals surface area contributed by atoms with Crippen LogP contribution >= 0.6 is 11.6 Å². The standard InChI is InChI=1S/C11H17ClN2/c1-8-5-10(3-4-11(8)12)7-14-9(2)6-13/h3-5,9,14H,6-7,13H2,1-2H3/t9-/m1/s1. The van der Waals surface area contributed by atoms with Gasteiger partial charge in [0.15, 0.2) is 0 Å². The highest BCUT2D eigenvalue weighted by Gasteiger charge is 2.00. The number of aryl methyl sites for hydroxylation is 1. The normalized spacial score (nSPS) is 12.9. The van der Waals surface area contributed by atoms with Crippen molar-refractivity contribution in [1.29, 1.82) is 0 Å². The van der Waals surface area contributed by atoms with E-state index in [1.54, 1.807) is 0 Å². The molecule has 0 aromatic heterocycles. The first-order valence-corrected chi connectivity index (χ1v) is 5.19. The van der Waals surface area contributed by atoms with Crippen LogP contribution in [0.4, 0.5) is 0 Å². The monoisotopic (exact) mass is 212 g/mol. The van der Waals surface area contributed by atoms with Crippen LogP contribution in [0.2, 0.25) is 5.02 Å². The molecule has 0 saturated heterocycles. The summed E-state index contributed by atoms with van der Waals surface area (Å²) >= 11 is 5.93. The van der Waals surface area contributed by atoms with Crippen molar-refractivity contribution in [2.45, 2.75) is 26.4 Å². The van der Waals surface area contributed by atoms with Crippen molar-refractivity contribution < 1.29 is 0 Å². The SMILES string of the molecule is Cc1cc(CN[C@H](C)CN)ccc1Cl. The first-order chi connectivity index (χ1) is 6.63. The van der Waals surface area contributed by atoms with Crippen LogP contribution in [0.3, 0.4) is 0 Å². The quantitative estimate of drug-likeness (QED) is 0.802. The third-order valence-electron chi connectivity index (χ3n) is 2.23. The molecule has 1 rings (SSSR count). The second kappa shape index (κ2) is 5.35. The van der Waals surface area contributed by atoms with Crippen molar-refractivity contribution in [3.63, 3.8) is 0 Å². The third kappa shape index (κ3) is 3.29. The average molecular weight is 213 g/mol. The molecule has 0 aliphatic heterocycles. The second-order valence-corrected chi connectivity index (χ2v) is 4.01. The molecular weight excluding hydrogens is 196 g/mol. The fraction of sp³-hybridized carbons (Fsp3) is 0.455. The van der Waals surface area contributed by atoms with Crippen molar-refractivity contribution >= 4 is 11.6 Å². The fourth-order valence-electron chi connectivity index (χ4n) is 1.19.